The molecule has 0 aliphatic heterocycles. The van der Waals surface area contributed by atoms with E-state index in [4.69, 9.17) is 11.6 Å². The van der Waals surface area contributed by atoms with Crippen LogP contribution in [0.5, 0.6) is 0 Å². The average Bonchev–Trinajstić information content (AvgIpc) is 2.54. The van der Waals surface area contributed by atoms with Crippen LogP contribution in [0.25, 0.3) is 0 Å². The lowest BCUT2D eigenvalue weighted by Gasteiger charge is -2.38. The highest BCUT2D eigenvalue weighted by atomic mass is 35.5. The lowest BCUT2D eigenvalue weighted by Crippen LogP contribution is -2.39. The molecule has 0 radical (unpaired) electrons. The van der Waals surface area contributed by atoms with Crippen molar-refractivity contribution in [3.05, 3.63) is 64.2 Å². The summed E-state index contributed by atoms with van der Waals surface area (Å²) in [7, 11) is -3.83. The third-order valence-electron chi connectivity index (χ3n) is 4.87. The van der Waals surface area contributed by atoms with Gasteiger partial charge in [0.25, 0.3) is 0 Å². The van der Waals surface area contributed by atoms with Gasteiger partial charge in [0.15, 0.2) is 9.84 Å². The van der Waals surface area contributed by atoms with Gasteiger partial charge in [-0.25, -0.2) is 17.2 Å². The van der Waals surface area contributed by atoms with E-state index in [-0.39, 0.29) is 16.9 Å². The molecule has 24 heavy (non-hydrogen) atoms. The largest absolute Gasteiger partial charge is 0.223 e. The molecule has 2 aromatic rings. The molecular formula is C18H17ClF2O2S. The van der Waals surface area contributed by atoms with Gasteiger partial charge in [-0.15, -0.1) is 0 Å². The van der Waals surface area contributed by atoms with Crippen LogP contribution >= 0.6 is 11.6 Å². The molecule has 0 saturated carbocycles. The first kappa shape index (κ1) is 17.4. The highest BCUT2D eigenvalue weighted by Gasteiger charge is 2.48. The fraction of sp³-hybridized carbons (Fsp3) is 0.333. The van der Waals surface area contributed by atoms with Gasteiger partial charge in [0.05, 0.1) is 4.90 Å². The van der Waals surface area contributed by atoms with Crippen LogP contribution in [0.3, 0.4) is 0 Å². The Morgan fingerprint density at radius 2 is 1.83 bits per heavy atom. The zero-order valence-electron chi connectivity index (χ0n) is 13.2. The molecule has 1 unspecified atom stereocenters. The highest BCUT2D eigenvalue weighted by molar-refractivity contribution is 7.92. The van der Waals surface area contributed by atoms with Crippen LogP contribution in [0.2, 0.25) is 5.02 Å². The molecule has 0 heterocycles. The molecular weight excluding hydrogens is 354 g/mol. The van der Waals surface area contributed by atoms with Crippen molar-refractivity contribution in [3.8, 4) is 0 Å². The van der Waals surface area contributed by atoms with Gasteiger partial charge >= 0.3 is 0 Å². The number of sulfone groups is 1. The Morgan fingerprint density at radius 1 is 1.17 bits per heavy atom. The average molecular weight is 371 g/mol. The van der Waals surface area contributed by atoms with E-state index >= 15 is 0 Å². The van der Waals surface area contributed by atoms with Crippen molar-refractivity contribution < 1.29 is 17.2 Å². The topological polar surface area (TPSA) is 34.1 Å². The third-order valence-corrected chi connectivity index (χ3v) is 7.75. The number of benzene rings is 2. The smallest absolute Gasteiger partial charge is 0.188 e. The molecule has 1 aliphatic carbocycles. The van der Waals surface area contributed by atoms with E-state index in [2.05, 4.69) is 0 Å². The maximum atomic E-state index is 14.2. The summed E-state index contributed by atoms with van der Waals surface area (Å²) in [6.07, 6.45) is 1.54. The van der Waals surface area contributed by atoms with Crippen LogP contribution in [0.1, 0.15) is 37.3 Å². The van der Waals surface area contributed by atoms with E-state index in [1.807, 2.05) is 0 Å². The van der Waals surface area contributed by atoms with Gasteiger partial charge in [-0.1, -0.05) is 18.5 Å². The second-order valence-corrected chi connectivity index (χ2v) is 8.77. The number of fused-ring (bicyclic) bond motifs is 1. The van der Waals surface area contributed by atoms with Crippen molar-refractivity contribution in [2.24, 2.45) is 0 Å². The molecule has 1 aliphatic rings. The number of hydrogen-bond acceptors (Lipinski definition) is 2. The van der Waals surface area contributed by atoms with Crippen molar-refractivity contribution in [2.75, 3.05) is 0 Å². The van der Waals surface area contributed by atoms with E-state index in [0.717, 1.165) is 6.07 Å². The fourth-order valence-electron chi connectivity index (χ4n) is 3.63. The first-order valence-corrected chi connectivity index (χ1v) is 9.66. The Morgan fingerprint density at radius 3 is 2.46 bits per heavy atom. The van der Waals surface area contributed by atoms with Crippen LogP contribution in [-0.2, 0) is 21.0 Å². The molecule has 2 aromatic carbocycles. The van der Waals surface area contributed by atoms with Gasteiger partial charge < -0.3 is 0 Å². The minimum absolute atomic E-state index is 0.117. The Hall–Kier alpha value is -1.46. The van der Waals surface area contributed by atoms with E-state index in [1.165, 1.54) is 30.3 Å². The number of hydrogen-bond donors (Lipinski definition) is 0. The summed E-state index contributed by atoms with van der Waals surface area (Å²) in [6.45, 7) is 1.74. The third kappa shape index (κ3) is 2.54. The van der Waals surface area contributed by atoms with Gasteiger partial charge in [0.1, 0.15) is 16.4 Å². The van der Waals surface area contributed by atoms with Crippen molar-refractivity contribution in [1.29, 1.82) is 0 Å². The standard InChI is InChI=1S/C18H17ClF2O2S/c1-2-18(24(22,23)14-7-5-12(19)6-8-14)9-3-4-15-16(18)10-13(20)11-17(15)21/h5-8,10-11H,2-4,9H2,1H3. The molecule has 2 nitrogen and oxygen atoms in total. The van der Waals surface area contributed by atoms with Crippen molar-refractivity contribution in [1.82, 2.24) is 0 Å². The van der Waals surface area contributed by atoms with Crippen LogP contribution in [-0.4, -0.2) is 8.42 Å². The normalized spacial score (nSPS) is 20.7. The van der Waals surface area contributed by atoms with Gasteiger partial charge in [-0.05, 0) is 67.1 Å². The minimum atomic E-state index is -3.83. The van der Waals surface area contributed by atoms with E-state index in [1.54, 1.807) is 6.92 Å². The van der Waals surface area contributed by atoms with Crippen molar-refractivity contribution in [2.45, 2.75) is 42.2 Å². The summed E-state index contributed by atoms with van der Waals surface area (Å²) >= 11 is 5.84. The predicted molar refractivity (Wildman–Crippen MR) is 89.9 cm³/mol. The second-order valence-electron chi connectivity index (χ2n) is 6.07. The Kier molecular flexibility index (Phi) is 4.43. The van der Waals surface area contributed by atoms with E-state index in [9.17, 15) is 17.2 Å². The number of rotatable bonds is 3. The summed E-state index contributed by atoms with van der Waals surface area (Å²) < 4.78 is 53.4. The molecule has 0 bridgehead atoms. The molecule has 0 saturated heterocycles. The molecule has 1 atom stereocenters. The minimum Gasteiger partial charge on any atom is -0.223 e. The fourth-order valence-corrected chi connectivity index (χ4v) is 5.96. The van der Waals surface area contributed by atoms with Crippen LogP contribution in [0.4, 0.5) is 8.78 Å². The van der Waals surface area contributed by atoms with E-state index in [0.29, 0.717) is 29.8 Å². The van der Waals surface area contributed by atoms with Gasteiger partial charge in [-0.3, -0.25) is 0 Å². The molecule has 0 fully saturated rings. The molecule has 128 valence electrons. The predicted octanol–water partition coefficient (Wildman–Crippen LogP) is 5.03. The van der Waals surface area contributed by atoms with Crippen LogP contribution in [0, 0.1) is 11.6 Å². The SMILES string of the molecule is CCC1(S(=O)(=O)c2ccc(Cl)cc2)CCCc2c(F)cc(F)cc21. The molecule has 6 heteroatoms. The lowest BCUT2D eigenvalue weighted by atomic mass is 9.80. The monoisotopic (exact) mass is 370 g/mol. The van der Waals surface area contributed by atoms with Crippen molar-refractivity contribution >= 4 is 21.4 Å². The summed E-state index contributed by atoms with van der Waals surface area (Å²) in [6, 6.07) is 7.90. The first-order valence-electron chi connectivity index (χ1n) is 7.80. The highest BCUT2D eigenvalue weighted by Crippen LogP contribution is 2.47. The molecule has 0 spiro atoms. The number of halogens is 3. The molecule has 0 amide bonds. The maximum Gasteiger partial charge on any atom is 0.188 e. The van der Waals surface area contributed by atoms with Crippen LogP contribution in [0.15, 0.2) is 41.3 Å². The molecule has 0 N–H and O–H groups in total. The van der Waals surface area contributed by atoms with Gasteiger partial charge in [0.2, 0.25) is 0 Å². The zero-order valence-corrected chi connectivity index (χ0v) is 14.7. The summed E-state index contributed by atoms with van der Waals surface area (Å²) in [4.78, 5) is 0.117. The summed E-state index contributed by atoms with van der Waals surface area (Å²) in [5.41, 5.74) is 0.561. The van der Waals surface area contributed by atoms with Crippen molar-refractivity contribution in [3.63, 3.8) is 0 Å². The zero-order chi connectivity index (χ0) is 17.5. The molecule has 0 aromatic heterocycles. The Balaban J connectivity index is 2.27. The van der Waals surface area contributed by atoms with Gasteiger partial charge in [0, 0.05) is 11.1 Å². The van der Waals surface area contributed by atoms with Gasteiger partial charge in [-0.2, -0.15) is 0 Å². The summed E-state index contributed by atoms with van der Waals surface area (Å²) in [5, 5.41) is 0.431. The Bertz CT molecular complexity index is 879. The maximum absolute atomic E-state index is 14.2. The quantitative estimate of drug-likeness (QED) is 0.759. The molecule has 3 rings (SSSR count). The van der Waals surface area contributed by atoms with Crippen LogP contribution < -0.4 is 0 Å². The summed E-state index contributed by atoms with van der Waals surface area (Å²) in [5.74, 6) is -1.42. The Labute approximate surface area is 145 Å². The first-order chi connectivity index (χ1) is 11.3. The van der Waals surface area contributed by atoms with E-state index < -0.39 is 26.2 Å². The second kappa shape index (κ2) is 6.12. The lowest BCUT2D eigenvalue weighted by molar-refractivity contribution is 0.431.